The fourth-order valence-electron chi connectivity index (χ4n) is 4.69. The summed E-state index contributed by atoms with van der Waals surface area (Å²) in [7, 11) is 0. The van der Waals surface area contributed by atoms with E-state index >= 15 is 0 Å². The van der Waals surface area contributed by atoms with E-state index in [9.17, 15) is 9.90 Å². The Morgan fingerprint density at radius 1 is 0.625 bits per heavy atom. The number of rotatable bonds is 31. The Hall–Kier alpha value is -1.39. The number of carbonyl (C=O) groups is 1. The van der Waals surface area contributed by atoms with E-state index in [4.69, 9.17) is 9.47 Å². The molecule has 1 N–H and O–H groups in total. The molecule has 0 aliphatic rings. The maximum absolute atomic E-state index is 12.1. The van der Waals surface area contributed by atoms with Gasteiger partial charge >= 0.3 is 5.97 Å². The number of allylic oxidation sites excluding steroid dienone is 6. The van der Waals surface area contributed by atoms with Gasteiger partial charge < -0.3 is 14.6 Å². The van der Waals surface area contributed by atoms with Crippen LogP contribution in [0.15, 0.2) is 36.5 Å². The van der Waals surface area contributed by atoms with E-state index in [-0.39, 0.29) is 12.6 Å². The van der Waals surface area contributed by atoms with Gasteiger partial charge in [0.2, 0.25) is 0 Å². The number of ether oxygens (including phenoxy) is 2. The van der Waals surface area contributed by atoms with E-state index < -0.39 is 6.10 Å². The van der Waals surface area contributed by atoms with Gasteiger partial charge in [-0.2, -0.15) is 0 Å². The van der Waals surface area contributed by atoms with E-state index in [2.05, 4.69) is 50.3 Å². The molecule has 1 unspecified atom stereocenters. The molecule has 40 heavy (non-hydrogen) atoms. The Morgan fingerprint density at radius 2 is 1.12 bits per heavy atom. The smallest absolute Gasteiger partial charge is 0.306 e. The van der Waals surface area contributed by atoms with E-state index in [0.717, 1.165) is 38.5 Å². The van der Waals surface area contributed by atoms with Crippen LogP contribution in [0.25, 0.3) is 0 Å². The lowest BCUT2D eigenvalue weighted by molar-refractivity contribution is -0.154. The molecule has 0 amide bonds. The topological polar surface area (TPSA) is 55.8 Å². The first-order chi connectivity index (χ1) is 19.7. The molecule has 0 saturated heterocycles. The van der Waals surface area contributed by atoms with Crippen molar-refractivity contribution in [3.8, 4) is 0 Å². The molecule has 0 heterocycles. The second-order valence-electron chi connectivity index (χ2n) is 11.2. The highest BCUT2D eigenvalue weighted by Gasteiger charge is 2.13. The first-order valence-corrected chi connectivity index (χ1v) is 17.1. The van der Waals surface area contributed by atoms with Crippen LogP contribution in [-0.4, -0.2) is 37.0 Å². The summed E-state index contributed by atoms with van der Waals surface area (Å²) in [6.45, 7) is 5.21. The van der Waals surface area contributed by atoms with Crippen LogP contribution in [0.3, 0.4) is 0 Å². The van der Waals surface area contributed by atoms with Gasteiger partial charge in [0.15, 0.2) is 0 Å². The zero-order chi connectivity index (χ0) is 29.2. The molecule has 0 bridgehead atoms. The second kappa shape index (κ2) is 33.8. The summed E-state index contributed by atoms with van der Waals surface area (Å²) in [6, 6.07) is 0. The first kappa shape index (κ1) is 38.6. The van der Waals surface area contributed by atoms with Crippen molar-refractivity contribution in [2.45, 2.75) is 168 Å². The number of hydrogen-bond acceptors (Lipinski definition) is 4. The van der Waals surface area contributed by atoms with Gasteiger partial charge in [-0.3, -0.25) is 4.79 Å². The maximum atomic E-state index is 12.1. The van der Waals surface area contributed by atoms with Crippen LogP contribution in [-0.2, 0) is 14.3 Å². The van der Waals surface area contributed by atoms with Crippen LogP contribution in [0.4, 0.5) is 0 Å². The first-order valence-electron chi connectivity index (χ1n) is 17.1. The van der Waals surface area contributed by atoms with Gasteiger partial charge in [-0.05, 0) is 44.9 Å². The number of hydrogen-bond donors (Lipinski definition) is 1. The molecule has 0 fully saturated rings. The number of carbonyl (C=O) groups excluding carboxylic acids is 1. The van der Waals surface area contributed by atoms with E-state index in [1.165, 1.54) is 103 Å². The van der Waals surface area contributed by atoms with Gasteiger partial charge in [0.05, 0.1) is 13.2 Å². The average Bonchev–Trinajstić information content (AvgIpc) is 2.96. The lowest BCUT2D eigenvalue weighted by atomic mass is 10.1. The molecule has 0 aromatic heterocycles. The number of aliphatic hydroxyl groups is 1. The molecule has 0 aromatic rings. The van der Waals surface area contributed by atoms with Crippen molar-refractivity contribution >= 4 is 5.97 Å². The van der Waals surface area contributed by atoms with Gasteiger partial charge in [-0.15, -0.1) is 0 Å². The predicted octanol–water partition coefficient (Wildman–Crippen LogP) is 10.6. The molecule has 4 heteroatoms. The Balaban J connectivity index is 3.44. The van der Waals surface area contributed by atoms with Crippen molar-refractivity contribution in [2.75, 3.05) is 19.8 Å². The minimum Gasteiger partial charge on any atom is -0.457 e. The van der Waals surface area contributed by atoms with Gasteiger partial charge in [0.25, 0.3) is 0 Å². The summed E-state index contributed by atoms with van der Waals surface area (Å²) in [4.78, 5) is 12.1. The van der Waals surface area contributed by atoms with Crippen LogP contribution < -0.4 is 0 Å². The number of unbranched alkanes of at least 4 members (excludes halogenated alkanes) is 17. The Morgan fingerprint density at radius 3 is 1.70 bits per heavy atom. The summed E-state index contributed by atoms with van der Waals surface area (Å²) in [5, 5.41) is 9.51. The summed E-state index contributed by atoms with van der Waals surface area (Å²) in [6.07, 6.45) is 40.4. The molecule has 4 nitrogen and oxygen atoms in total. The molecular weight excluding hydrogens is 496 g/mol. The van der Waals surface area contributed by atoms with Gasteiger partial charge in [-0.1, -0.05) is 147 Å². The highest BCUT2D eigenvalue weighted by Crippen LogP contribution is 2.13. The quantitative estimate of drug-likeness (QED) is 0.0518. The molecular formula is C36H66O4. The van der Waals surface area contributed by atoms with Crippen molar-refractivity contribution in [1.29, 1.82) is 0 Å². The summed E-state index contributed by atoms with van der Waals surface area (Å²) in [5.41, 5.74) is 0. The largest absolute Gasteiger partial charge is 0.457 e. The second-order valence-corrected chi connectivity index (χ2v) is 11.2. The van der Waals surface area contributed by atoms with Crippen LogP contribution >= 0.6 is 0 Å². The van der Waals surface area contributed by atoms with Crippen molar-refractivity contribution in [3.05, 3.63) is 36.5 Å². The SMILES string of the molecule is CC/C=C\C/C=C\C/C=C\CCCCCCCCCCOCC(CO)OC(=O)CCCCCCCCCCCC. The highest BCUT2D eigenvalue weighted by molar-refractivity contribution is 5.69. The number of aliphatic hydroxyl groups excluding tert-OH is 1. The highest BCUT2D eigenvalue weighted by atomic mass is 16.6. The monoisotopic (exact) mass is 562 g/mol. The fourth-order valence-corrected chi connectivity index (χ4v) is 4.69. The minimum absolute atomic E-state index is 0.173. The van der Waals surface area contributed by atoms with Gasteiger partial charge in [-0.25, -0.2) is 0 Å². The van der Waals surface area contributed by atoms with Gasteiger partial charge in [0, 0.05) is 13.0 Å². The Bertz CT molecular complexity index is 596. The Kier molecular flexibility index (Phi) is 32.6. The molecule has 0 aromatic carbocycles. The molecule has 0 rings (SSSR count). The van der Waals surface area contributed by atoms with Crippen LogP contribution in [0, 0.1) is 0 Å². The molecule has 0 radical (unpaired) electrons. The minimum atomic E-state index is -0.532. The third-order valence-corrected chi connectivity index (χ3v) is 7.23. The Labute approximate surface area is 249 Å². The van der Waals surface area contributed by atoms with Crippen molar-refractivity contribution in [1.82, 2.24) is 0 Å². The molecule has 1 atom stereocenters. The van der Waals surface area contributed by atoms with E-state index in [0.29, 0.717) is 19.6 Å². The average molecular weight is 563 g/mol. The molecule has 0 saturated carbocycles. The zero-order valence-electron chi connectivity index (χ0n) is 26.6. The lowest BCUT2D eigenvalue weighted by Gasteiger charge is -2.16. The lowest BCUT2D eigenvalue weighted by Crippen LogP contribution is -2.27. The molecule has 0 aliphatic carbocycles. The predicted molar refractivity (Wildman–Crippen MR) is 173 cm³/mol. The molecule has 234 valence electrons. The fraction of sp³-hybridized carbons (Fsp3) is 0.806. The van der Waals surface area contributed by atoms with E-state index in [1.54, 1.807) is 0 Å². The van der Waals surface area contributed by atoms with Crippen LogP contribution in [0.2, 0.25) is 0 Å². The third-order valence-electron chi connectivity index (χ3n) is 7.23. The van der Waals surface area contributed by atoms with Crippen LogP contribution in [0.1, 0.15) is 162 Å². The zero-order valence-corrected chi connectivity index (χ0v) is 26.6. The normalized spacial score (nSPS) is 12.8. The molecule has 0 aliphatic heterocycles. The van der Waals surface area contributed by atoms with Crippen molar-refractivity contribution in [3.63, 3.8) is 0 Å². The van der Waals surface area contributed by atoms with Crippen molar-refractivity contribution in [2.24, 2.45) is 0 Å². The summed E-state index contributed by atoms with van der Waals surface area (Å²) < 4.78 is 11.1. The third kappa shape index (κ3) is 31.1. The summed E-state index contributed by atoms with van der Waals surface area (Å²) in [5.74, 6) is -0.207. The standard InChI is InChI=1S/C36H66O4/c1-3-5-7-9-11-13-15-16-17-18-19-20-21-22-24-26-28-30-32-39-34-35(33-37)40-36(38)31-29-27-25-23-14-12-10-8-6-4-2/h5,7,11,13,16-17,35,37H,3-4,6,8-10,12,14-15,18-34H2,1-2H3/b7-5-,13-11-,17-16-. The van der Waals surface area contributed by atoms with Gasteiger partial charge in [0.1, 0.15) is 6.10 Å². The van der Waals surface area contributed by atoms with Crippen molar-refractivity contribution < 1.29 is 19.4 Å². The number of esters is 1. The molecule has 0 spiro atoms. The maximum Gasteiger partial charge on any atom is 0.306 e. The van der Waals surface area contributed by atoms with Crippen LogP contribution in [0.5, 0.6) is 0 Å². The van der Waals surface area contributed by atoms with E-state index in [1.807, 2.05) is 0 Å². The summed E-state index contributed by atoms with van der Waals surface area (Å²) >= 11 is 0.